The number of ether oxygens (including phenoxy) is 2. The Hall–Kier alpha value is -2.54. The minimum atomic E-state index is -2.93. The summed E-state index contributed by atoms with van der Waals surface area (Å²) in [6.07, 6.45) is 0.0859. The fourth-order valence-electron chi connectivity index (χ4n) is 2.13. The van der Waals surface area contributed by atoms with Gasteiger partial charge >= 0.3 is 6.61 Å². The number of guanidine groups is 1. The zero-order valence-electron chi connectivity index (χ0n) is 14.4. The van der Waals surface area contributed by atoms with Gasteiger partial charge in [0.05, 0.1) is 12.6 Å². The first-order valence-electron chi connectivity index (χ1n) is 7.90. The van der Waals surface area contributed by atoms with E-state index in [0.717, 1.165) is 11.4 Å². The molecule has 0 spiro atoms. The van der Waals surface area contributed by atoms with Gasteiger partial charge in [-0.1, -0.05) is 11.6 Å². The highest BCUT2D eigenvalue weighted by Gasteiger charge is 2.10. The third kappa shape index (κ3) is 6.40. The third-order valence-corrected chi connectivity index (χ3v) is 3.39. The van der Waals surface area contributed by atoms with Gasteiger partial charge in [-0.2, -0.15) is 8.78 Å². The van der Waals surface area contributed by atoms with Crippen LogP contribution in [-0.4, -0.2) is 18.7 Å². The third-order valence-electron chi connectivity index (χ3n) is 3.16. The Labute approximate surface area is 155 Å². The molecular formula is C18H20ClF2N3O2. The van der Waals surface area contributed by atoms with Gasteiger partial charge < -0.3 is 20.5 Å². The molecule has 2 aromatic carbocycles. The lowest BCUT2D eigenvalue weighted by atomic mass is 10.2. The molecule has 0 aliphatic rings. The van der Waals surface area contributed by atoms with E-state index >= 15 is 0 Å². The summed E-state index contributed by atoms with van der Waals surface area (Å²) >= 11 is 5.90. The topological polar surface area (TPSA) is 68.9 Å². The van der Waals surface area contributed by atoms with Crippen LogP contribution in [0.25, 0.3) is 0 Å². The largest absolute Gasteiger partial charge is 0.491 e. The second kappa shape index (κ2) is 9.24. The van der Waals surface area contributed by atoms with Crippen molar-refractivity contribution in [3.63, 3.8) is 0 Å². The SMILES string of the molecule is CC(C)Oc1ccc(NC(N)=NCc2cc(Cl)ccc2OC(F)F)cc1. The number of nitrogens with zero attached hydrogens (tertiary/aromatic N) is 1. The fourth-order valence-corrected chi connectivity index (χ4v) is 2.32. The number of nitrogens with two attached hydrogens (primary N) is 1. The molecule has 2 rings (SSSR count). The fraction of sp³-hybridized carbons (Fsp3) is 0.278. The quantitative estimate of drug-likeness (QED) is 0.539. The molecule has 5 nitrogen and oxygen atoms in total. The lowest BCUT2D eigenvalue weighted by Gasteiger charge is -2.12. The molecular weight excluding hydrogens is 364 g/mol. The molecule has 0 unspecified atom stereocenters. The van der Waals surface area contributed by atoms with Gasteiger partial charge in [0.1, 0.15) is 11.5 Å². The summed E-state index contributed by atoms with van der Waals surface area (Å²) in [7, 11) is 0. The number of rotatable bonds is 7. The molecule has 2 aromatic rings. The van der Waals surface area contributed by atoms with Crippen molar-refractivity contribution in [2.45, 2.75) is 33.1 Å². The van der Waals surface area contributed by atoms with Crippen LogP contribution in [0.15, 0.2) is 47.5 Å². The summed E-state index contributed by atoms with van der Waals surface area (Å²) in [6, 6.07) is 11.6. The molecule has 0 atom stereocenters. The Kier molecular flexibility index (Phi) is 7.03. The van der Waals surface area contributed by atoms with E-state index in [1.807, 2.05) is 13.8 Å². The second-order valence-corrected chi connectivity index (χ2v) is 6.08. The van der Waals surface area contributed by atoms with Gasteiger partial charge in [0.2, 0.25) is 0 Å². The van der Waals surface area contributed by atoms with Crippen LogP contribution in [0.4, 0.5) is 14.5 Å². The van der Waals surface area contributed by atoms with E-state index in [-0.39, 0.29) is 24.4 Å². The van der Waals surface area contributed by atoms with Crippen molar-refractivity contribution in [2.24, 2.45) is 10.7 Å². The van der Waals surface area contributed by atoms with E-state index in [2.05, 4.69) is 15.0 Å². The van der Waals surface area contributed by atoms with Gasteiger partial charge in [0.15, 0.2) is 5.96 Å². The maximum atomic E-state index is 12.5. The predicted octanol–water partition coefficient (Wildman–Crippen LogP) is 4.66. The molecule has 0 aliphatic heterocycles. The number of alkyl halides is 2. The van der Waals surface area contributed by atoms with Crippen molar-refractivity contribution in [1.29, 1.82) is 0 Å². The minimum Gasteiger partial charge on any atom is -0.491 e. The van der Waals surface area contributed by atoms with Crippen molar-refractivity contribution >= 4 is 23.2 Å². The van der Waals surface area contributed by atoms with Gasteiger partial charge in [-0.25, -0.2) is 4.99 Å². The van der Waals surface area contributed by atoms with Gasteiger partial charge in [-0.15, -0.1) is 0 Å². The van der Waals surface area contributed by atoms with E-state index < -0.39 is 6.61 Å². The average Bonchev–Trinajstić information content (AvgIpc) is 2.56. The summed E-state index contributed by atoms with van der Waals surface area (Å²) in [5.41, 5.74) is 6.97. The van der Waals surface area contributed by atoms with Crippen molar-refractivity contribution in [3.8, 4) is 11.5 Å². The van der Waals surface area contributed by atoms with Crippen LogP contribution in [0.5, 0.6) is 11.5 Å². The highest BCUT2D eigenvalue weighted by molar-refractivity contribution is 6.30. The maximum absolute atomic E-state index is 12.5. The number of anilines is 1. The molecule has 140 valence electrons. The van der Waals surface area contributed by atoms with Crippen LogP contribution in [0.3, 0.4) is 0 Å². The van der Waals surface area contributed by atoms with Crippen molar-refractivity contribution in [1.82, 2.24) is 0 Å². The Morgan fingerprint density at radius 1 is 1.15 bits per heavy atom. The van der Waals surface area contributed by atoms with Crippen LogP contribution in [-0.2, 0) is 6.54 Å². The molecule has 0 saturated heterocycles. The average molecular weight is 384 g/mol. The molecule has 0 aromatic heterocycles. The normalized spacial score (nSPS) is 11.7. The van der Waals surface area contributed by atoms with E-state index in [1.54, 1.807) is 24.3 Å². The van der Waals surface area contributed by atoms with Crippen LogP contribution in [0.2, 0.25) is 5.02 Å². The van der Waals surface area contributed by atoms with E-state index in [9.17, 15) is 8.78 Å². The number of nitrogens with one attached hydrogen (secondary N) is 1. The monoisotopic (exact) mass is 383 g/mol. The first-order valence-corrected chi connectivity index (χ1v) is 8.28. The van der Waals surface area contributed by atoms with E-state index in [1.165, 1.54) is 18.2 Å². The first-order chi connectivity index (χ1) is 12.3. The molecule has 0 radical (unpaired) electrons. The Balaban J connectivity index is 2.03. The van der Waals surface area contributed by atoms with Gasteiger partial charge in [0, 0.05) is 16.3 Å². The lowest BCUT2D eigenvalue weighted by Crippen LogP contribution is -2.22. The molecule has 26 heavy (non-hydrogen) atoms. The lowest BCUT2D eigenvalue weighted by molar-refractivity contribution is -0.0504. The summed E-state index contributed by atoms with van der Waals surface area (Å²) in [4.78, 5) is 4.14. The van der Waals surface area contributed by atoms with E-state index in [4.69, 9.17) is 22.1 Å². The van der Waals surface area contributed by atoms with Crippen LogP contribution < -0.4 is 20.5 Å². The highest BCUT2D eigenvalue weighted by Crippen LogP contribution is 2.25. The number of benzene rings is 2. The highest BCUT2D eigenvalue weighted by atomic mass is 35.5. The van der Waals surface area contributed by atoms with Crippen molar-refractivity contribution in [2.75, 3.05) is 5.32 Å². The van der Waals surface area contributed by atoms with Crippen molar-refractivity contribution < 1.29 is 18.3 Å². The first kappa shape index (κ1) is 19.8. The smallest absolute Gasteiger partial charge is 0.387 e. The number of aliphatic imine (C=N–C) groups is 1. The molecule has 0 amide bonds. The standard InChI is InChI=1S/C18H20ClF2N3O2/c1-11(2)25-15-6-4-14(5-7-15)24-18(22)23-10-12-9-13(19)3-8-16(12)26-17(20)21/h3-9,11,17H,10H2,1-2H3,(H3,22,23,24). The van der Waals surface area contributed by atoms with Gasteiger partial charge in [-0.3, -0.25) is 0 Å². The molecule has 0 aliphatic carbocycles. The summed E-state index contributed by atoms with van der Waals surface area (Å²) in [6.45, 7) is 0.994. The molecule has 0 bridgehead atoms. The molecule has 3 N–H and O–H groups in total. The number of halogens is 3. The summed E-state index contributed by atoms with van der Waals surface area (Å²) in [5, 5.41) is 3.31. The Morgan fingerprint density at radius 3 is 2.46 bits per heavy atom. The molecule has 8 heteroatoms. The minimum absolute atomic E-state index is 0.0103. The van der Waals surface area contributed by atoms with Crippen molar-refractivity contribution in [3.05, 3.63) is 53.1 Å². The molecule has 0 heterocycles. The van der Waals surface area contributed by atoms with E-state index in [0.29, 0.717) is 10.6 Å². The van der Waals surface area contributed by atoms with Crippen LogP contribution >= 0.6 is 11.6 Å². The van der Waals surface area contributed by atoms with Gasteiger partial charge in [-0.05, 0) is 56.3 Å². The van der Waals surface area contributed by atoms with Gasteiger partial charge in [0.25, 0.3) is 0 Å². The van der Waals surface area contributed by atoms with Crippen LogP contribution in [0.1, 0.15) is 19.4 Å². The van der Waals surface area contributed by atoms with Crippen LogP contribution in [0, 0.1) is 0 Å². The number of hydrogen-bond donors (Lipinski definition) is 2. The molecule has 0 fully saturated rings. The number of hydrogen-bond acceptors (Lipinski definition) is 3. The predicted molar refractivity (Wildman–Crippen MR) is 99.2 cm³/mol. The second-order valence-electron chi connectivity index (χ2n) is 5.65. The zero-order valence-corrected chi connectivity index (χ0v) is 15.1. The molecule has 0 saturated carbocycles. The zero-order chi connectivity index (χ0) is 19.1. The summed E-state index contributed by atoms with van der Waals surface area (Å²) < 4.78 is 34.9. The summed E-state index contributed by atoms with van der Waals surface area (Å²) in [5.74, 6) is 0.885. The maximum Gasteiger partial charge on any atom is 0.387 e. The Bertz CT molecular complexity index is 753. The Morgan fingerprint density at radius 2 is 1.85 bits per heavy atom.